The minimum Gasteiger partial charge on any atom is -0.348 e. The van der Waals surface area contributed by atoms with Crippen LogP contribution in [0.1, 0.15) is 19.8 Å². The van der Waals surface area contributed by atoms with Gasteiger partial charge in [0.1, 0.15) is 6.04 Å². The topological polar surface area (TPSA) is 152 Å². The van der Waals surface area contributed by atoms with Gasteiger partial charge in [-0.25, -0.2) is 0 Å². The van der Waals surface area contributed by atoms with Crippen LogP contribution < -0.4 is 32.8 Å². The van der Waals surface area contributed by atoms with Gasteiger partial charge in [0.2, 0.25) is 5.91 Å². The molecule has 0 aromatic heterocycles. The van der Waals surface area contributed by atoms with Crippen LogP contribution in [-0.2, 0) is 9.59 Å². The quantitative estimate of drug-likeness (QED) is 0.181. The Morgan fingerprint density at radius 1 is 1.11 bits per heavy atom. The third kappa shape index (κ3) is 6.27. The first-order valence-electron chi connectivity index (χ1n) is 8.91. The number of amides is 2. The third-order valence-electron chi connectivity index (χ3n) is 4.10. The highest BCUT2D eigenvalue weighted by molar-refractivity contribution is 5.99. The van der Waals surface area contributed by atoms with E-state index in [-0.39, 0.29) is 17.8 Å². The predicted octanol–water partition coefficient (Wildman–Crippen LogP) is -1.97. The zero-order chi connectivity index (χ0) is 19.8. The molecule has 2 rings (SSSR count). The molecule has 8 nitrogen and oxygen atoms in total. The molecule has 0 radical (unpaired) electrons. The Morgan fingerprint density at radius 2 is 1.81 bits per heavy atom. The molecule has 2 aromatic rings. The largest absolute Gasteiger partial charge is 0.348 e. The number of guanidine groups is 1. The second kappa shape index (κ2) is 9.54. The fourth-order valence-electron chi connectivity index (χ4n) is 2.62. The van der Waals surface area contributed by atoms with Crippen molar-refractivity contribution in [1.82, 2.24) is 5.32 Å². The summed E-state index contributed by atoms with van der Waals surface area (Å²) in [5.41, 5.74) is 15.1. The van der Waals surface area contributed by atoms with Crippen LogP contribution in [0.5, 0.6) is 0 Å². The maximum Gasteiger partial charge on any atom is 0.338 e. The SMILES string of the molecule is CC([NH3+])C(=O)NC(CCC[NH+]=C(N)N)C(=O)Nc1ccc2ccccc2c1. The van der Waals surface area contributed by atoms with Crippen molar-refractivity contribution < 1.29 is 20.3 Å². The Bertz CT molecular complexity index is 830. The lowest BCUT2D eigenvalue weighted by Gasteiger charge is -2.18. The van der Waals surface area contributed by atoms with Gasteiger partial charge in [-0.2, -0.15) is 0 Å². The molecule has 10 N–H and O–H groups in total. The van der Waals surface area contributed by atoms with Gasteiger partial charge in [0.25, 0.3) is 5.91 Å². The number of hydrogen-bond donors (Lipinski definition) is 6. The summed E-state index contributed by atoms with van der Waals surface area (Å²) in [6, 6.07) is 12.5. The van der Waals surface area contributed by atoms with Gasteiger partial charge >= 0.3 is 5.96 Å². The first-order chi connectivity index (χ1) is 12.9. The Hall–Kier alpha value is -3.13. The Balaban J connectivity index is 2.07. The number of carbonyl (C=O) groups is 2. The van der Waals surface area contributed by atoms with Crippen molar-refractivity contribution in [2.45, 2.75) is 31.8 Å². The molecule has 0 aliphatic heterocycles. The van der Waals surface area contributed by atoms with Crippen molar-refractivity contribution >= 4 is 34.2 Å². The molecule has 0 spiro atoms. The number of fused-ring (bicyclic) bond motifs is 1. The van der Waals surface area contributed by atoms with E-state index in [0.717, 1.165) is 10.8 Å². The lowest BCUT2D eigenvalue weighted by atomic mass is 10.1. The van der Waals surface area contributed by atoms with Crippen molar-refractivity contribution in [3.8, 4) is 0 Å². The van der Waals surface area contributed by atoms with Crippen molar-refractivity contribution in [1.29, 1.82) is 0 Å². The number of carbonyl (C=O) groups excluding carboxylic acids is 2. The maximum absolute atomic E-state index is 12.7. The predicted molar refractivity (Wildman–Crippen MR) is 105 cm³/mol. The van der Waals surface area contributed by atoms with Crippen molar-refractivity contribution in [3.63, 3.8) is 0 Å². The summed E-state index contributed by atoms with van der Waals surface area (Å²) >= 11 is 0. The average molecular weight is 372 g/mol. The van der Waals surface area contributed by atoms with Crippen LogP contribution in [0.3, 0.4) is 0 Å². The molecule has 0 saturated heterocycles. The Labute approximate surface area is 158 Å². The highest BCUT2D eigenvalue weighted by Crippen LogP contribution is 2.19. The second-order valence-electron chi connectivity index (χ2n) is 6.54. The number of quaternary nitrogens is 1. The number of nitrogens with two attached hydrogens (primary N) is 2. The summed E-state index contributed by atoms with van der Waals surface area (Å²) in [5.74, 6) is -0.418. The molecular formula is C19H28N6O2+2. The lowest BCUT2D eigenvalue weighted by molar-refractivity contribution is -0.459. The zero-order valence-electron chi connectivity index (χ0n) is 15.5. The van der Waals surface area contributed by atoms with Crippen LogP contribution in [0.2, 0.25) is 0 Å². The van der Waals surface area contributed by atoms with Gasteiger partial charge in [0.15, 0.2) is 6.04 Å². The van der Waals surface area contributed by atoms with E-state index in [1.54, 1.807) is 6.92 Å². The highest BCUT2D eigenvalue weighted by Gasteiger charge is 2.23. The lowest BCUT2D eigenvalue weighted by Crippen LogP contribution is -2.78. The van der Waals surface area contributed by atoms with E-state index < -0.39 is 12.1 Å². The van der Waals surface area contributed by atoms with E-state index in [9.17, 15) is 9.59 Å². The number of anilines is 1. The normalized spacial score (nSPS) is 12.8. The van der Waals surface area contributed by atoms with E-state index in [0.29, 0.717) is 25.1 Å². The van der Waals surface area contributed by atoms with Crippen LogP contribution >= 0.6 is 0 Å². The van der Waals surface area contributed by atoms with E-state index >= 15 is 0 Å². The molecule has 144 valence electrons. The molecular weight excluding hydrogens is 344 g/mol. The number of rotatable bonds is 8. The summed E-state index contributed by atoms with van der Waals surface area (Å²) in [6.07, 6.45) is 1.05. The molecule has 0 fully saturated rings. The summed E-state index contributed by atoms with van der Waals surface area (Å²) < 4.78 is 0. The number of nitrogens with one attached hydrogen (secondary N) is 3. The van der Waals surface area contributed by atoms with Crippen LogP contribution in [0.25, 0.3) is 10.8 Å². The molecule has 2 aromatic carbocycles. The highest BCUT2D eigenvalue weighted by atomic mass is 16.2. The molecule has 0 aliphatic carbocycles. The van der Waals surface area contributed by atoms with Gasteiger partial charge in [0, 0.05) is 5.69 Å². The summed E-state index contributed by atoms with van der Waals surface area (Å²) in [4.78, 5) is 27.5. The van der Waals surface area contributed by atoms with E-state index in [1.807, 2.05) is 42.5 Å². The minimum atomic E-state index is -0.672. The zero-order valence-corrected chi connectivity index (χ0v) is 15.5. The summed E-state index contributed by atoms with van der Waals surface area (Å²) in [6.45, 7) is 2.19. The second-order valence-corrected chi connectivity index (χ2v) is 6.54. The smallest absolute Gasteiger partial charge is 0.338 e. The molecule has 27 heavy (non-hydrogen) atoms. The summed E-state index contributed by atoms with van der Waals surface area (Å²) in [5, 5.41) is 7.75. The fraction of sp³-hybridized carbons (Fsp3) is 0.316. The molecule has 0 bridgehead atoms. The van der Waals surface area contributed by atoms with Crippen molar-refractivity contribution in [2.24, 2.45) is 11.5 Å². The van der Waals surface area contributed by atoms with Gasteiger partial charge in [0.05, 0.1) is 6.54 Å². The van der Waals surface area contributed by atoms with Gasteiger partial charge in [-0.05, 0) is 42.7 Å². The van der Waals surface area contributed by atoms with E-state index in [1.165, 1.54) is 0 Å². The molecule has 0 heterocycles. The Kier molecular flexibility index (Phi) is 7.13. The van der Waals surface area contributed by atoms with Gasteiger partial charge < -0.3 is 16.4 Å². The van der Waals surface area contributed by atoms with Crippen LogP contribution in [0.4, 0.5) is 5.69 Å². The standard InChI is InChI=1S/C19H26N6O2/c1-12(20)17(26)25-16(7-4-10-23-19(21)22)18(27)24-15-9-8-13-5-2-3-6-14(13)11-15/h2-3,5-6,8-9,11-12,16H,4,7,10,20H2,1H3,(H,24,27)(H,25,26)(H4,21,22,23)/p+2. The molecule has 2 atom stereocenters. The molecule has 2 unspecified atom stereocenters. The third-order valence-corrected chi connectivity index (χ3v) is 4.10. The van der Waals surface area contributed by atoms with Gasteiger partial charge in [-0.3, -0.25) is 26.0 Å². The molecule has 0 aliphatic rings. The summed E-state index contributed by atoms with van der Waals surface area (Å²) in [7, 11) is 0. The van der Waals surface area contributed by atoms with E-state index in [2.05, 4.69) is 21.4 Å². The number of hydrogen-bond acceptors (Lipinski definition) is 2. The molecule has 0 saturated carbocycles. The fourth-order valence-corrected chi connectivity index (χ4v) is 2.62. The van der Waals surface area contributed by atoms with Crippen LogP contribution in [0.15, 0.2) is 42.5 Å². The maximum atomic E-state index is 12.7. The number of benzene rings is 2. The van der Waals surface area contributed by atoms with Gasteiger partial charge in [-0.1, -0.05) is 30.3 Å². The van der Waals surface area contributed by atoms with E-state index in [4.69, 9.17) is 11.5 Å². The molecule has 8 heteroatoms. The van der Waals surface area contributed by atoms with Crippen LogP contribution in [0, 0.1) is 0 Å². The van der Waals surface area contributed by atoms with Gasteiger partial charge in [-0.15, -0.1) is 0 Å². The molecule has 2 amide bonds. The Morgan fingerprint density at radius 3 is 2.48 bits per heavy atom. The average Bonchev–Trinajstić information content (AvgIpc) is 2.63. The first-order valence-corrected chi connectivity index (χ1v) is 8.91. The first kappa shape index (κ1) is 20.2. The monoisotopic (exact) mass is 372 g/mol. The van der Waals surface area contributed by atoms with Crippen LogP contribution in [-0.4, -0.2) is 36.4 Å². The minimum absolute atomic E-state index is 0.127. The van der Waals surface area contributed by atoms with Crippen molar-refractivity contribution in [2.75, 3.05) is 11.9 Å². The van der Waals surface area contributed by atoms with Crippen molar-refractivity contribution in [3.05, 3.63) is 42.5 Å².